The molecule has 1 aromatic heterocycles. The molecule has 0 spiro atoms. The van der Waals surface area contributed by atoms with Gasteiger partial charge in [-0.05, 0) is 28.5 Å². The first kappa shape index (κ1) is 13.1. The number of hydrogen-bond acceptors (Lipinski definition) is 3. The number of nitrogens with zero attached hydrogens (tertiary/aromatic N) is 1. The third-order valence-corrected chi connectivity index (χ3v) is 3.32. The van der Waals surface area contributed by atoms with E-state index in [2.05, 4.69) is 28.5 Å². The second-order valence-electron chi connectivity index (χ2n) is 4.77. The molecule has 0 aliphatic heterocycles. The summed E-state index contributed by atoms with van der Waals surface area (Å²) in [5.41, 5.74) is 6.99. The molecule has 4 heteroatoms. The zero-order chi connectivity index (χ0) is 14.7. The number of amides is 1. The van der Waals surface area contributed by atoms with Gasteiger partial charge in [0.1, 0.15) is 11.5 Å². The van der Waals surface area contributed by atoms with E-state index in [1.807, 2.05) is 24.3 Å². The maximum absolute atomic E-state index is 12.1. The molecule has 2 aromatic carbocycles. The van der Waals surface area contributed by atoms with E-state index >= 15 is 0 Å². The molecule has 3 aromatic rings. The Morgan fingerprint density at radius 2 is 1.76 bits per heavy atom. The molecule has 0 fully saturated rings. The fraction of sp³-hybridized carbons (Fsp3) is 0.0588. The molecule has 0 unspecified atom stereocenters. The summed E-state index contributed by atoms with van der Waals surface area (Å²) in [6.07, 6.45) is 0. The van der Waals surface area contributed by atoms with Gasteiger partial charge in [-0.1, -0.05) is 48.5 Å². The van der Waals surface area contributed by atoms with Crippen LogP contribution in [0.3, 0.4) is 0 Å². The highest BCUT2D eigenvalue weighted by Crippen LogP contribution is 2.18. The summed E-state index contributed by atoms with van der Waals surface area (Å²) in [6, 6.07) is 19.2. The summed E-state index contributed by atoms with van der Waals surface area (Å²) >= 11 is 0. The molecule has 1 amide bonds. The fourth-order valence-electron chi connectivity index (χ4n) is 2.29. The summed E-state index contributed by atoms with van der Waals surface area (Å²) in [7, 11) is 0. The van der Waals surface area contributed by atoms with Gasteiger partial charge in [0.15, 0.2) is 0 Å². The van der Waals surface area contributed by atoms with E-state index in [-0.39, 0.29) is 5.91 Å². The molecule has 0 saturated carbocycles. The molecule has 0 radical (unpaired) electrons. The van der Waals surface area contributed by atoms with E-state index in [1.54, 1.807) is 18.2 Å². The van der Waals surface area contributed by atoms with Crippen LogP contribution in [0.1, 0.15) is 16.1 Å². The number of nitrogen functional groups attached to an aromatic ring is 1. The second-order valence-corrected chi connectivity index (χ2v) is 4.77. The molecule has 21 heavy (non-hydrogen) atoms. The van der Waals surface area contributed by atoms with Crippen molar-refractivity contribution in [2.75, 3.05) is 5.73 Å². The predicted molar refractivity (Wildman–Crippen MR) is 83.8 cm³/mol. The van der Waals surface area contributed by atoms with Crippen LogP contribution in [0.15, 0.2) is 60.7 Å². The highest BCUT2D eigenvalue weighted by atomic mass is 16.1. The Labute approximate surface area is 122 Å². The molecule has 0 bridgehead atoms. The largest absolute Gasteiger partial charge is 0.384 e. The molecule has 104 valence electrons. The van der Waals surface area contributed by atoms with E-state index in [4.69, 9.17) is 5.73 Å². The fourth-order valence-corrected chi connectivity index (χ4v) is 2.29. The second kappa shape index (κ2) is 5.63. The smallest absolute Gasteiger partial charge is 0.270 e. The van der Waals surface area contributed by atoms with E-state index in [0.29, 0.717) is 18.1 Å². The van der Waals surface area contributed by atoms with Gasteiger partial charge in [0, 0.05) is 6.54 Å². The third kappa shape index (κ3) is 2.84. The van der Waals surface area contributed by atoms with Crippen molar-refractivity contribution in [1.82, 2.24) is 10.3 Å². The van der Waals surface area contributed by atoms with Gasteiger partial charge in [-0.15, -0.1) is 0 Å². The molecular weight excluding hydrogens is 262 g/mol. The van der Waals surface area contributed by atoms with Crippen LogP contribution in [-0.2, 0) is 6.54 Å². The van der Waals surface area contributed by atoms with Crippen LogP contribution in [-0.4, -0.2) is 10.9 Å². The number of nitrogens with two attached hydrogens (primary N) is 1. The minimum atomic E-state index is -0.227. The maximum atomic E-state index is 12.1. The van der Waals surface area contributed by atoms with Crippen molar-refractivity contribution in [1.29, 1.82) is 0 Å². The van der Waals surface area contributed by atoms with Crippen molar-refractivity contribution in [2.24, 2.45) is 0 Å². The lowest BCUT2D eigenvalue weighted by molar-refractivity contribution is 0.0946. The van der Waals surface area contributed by atoms with Gasteiger partial charge < -0.3 is 11.1 Å². The van der Waals surface area contributed by atoms with Crippen LogP contribution in [0.4, 0.5) is 5.82 Å². The molecule has 0 aliphatic rings. The zero-order valence-corrected chi connectivity index (χ0v) is 11.4. The van der Waals surface area contributed by atoms with Crippen LogP contribution in [0.2, 0.25) is 0 Å². The average Bonchev–Trinajstić information content (AvgIpc) is 2.52. The highest BCUT2D eigenvalue weighted by molar-refractivity contribution is 5.93. The number of aromatic nitrogens is 1. The van der Waals surface area contributed by atoms with Crippen molar-refractivity contribution in [3.05, 3.63) is 71.9 Å². The maximum Gasteiger partial charge on any atom is 0.270 e. The van der Waals surface area contributed by atoms with Crippen LogP contribution < -0.4 is 11.1 Å². The molecule has 0 saturated heterocycles. The Morgan fingerprint density at radius 3 is 2.62 bits per heavy atom. The number of carbonyl (C=O) groups is 1. The number of carbonyl (C=O) groups excluding carboxylic acids is 1. The molecule has 0 aliphatic carbocycles. The van der Waals surface area contributed by atoms with E-state index in [1.165, 1.54) is 0 Å². The predicted octanol–water partition coefficient (Wildman–Crippen LogP) is 2.75. The lowest BCUT2D eigenvalue weighted by atomic mass is 10.0. The summed E-state index contributed by atoms with van der Waals surface area (Å²) in [5.74, 6) is 0.114. The number of benzene rings is 2. The van der Waals surface area contributed by atoms with Gasteiger partial charge in [-0.2, -0.15) is 0 Å². The molecule has 4 nitrogen and oxygen atoms in total. The lowest BCUT2D eigenvalue weighted by Crippen LogP contribution is -2.24. The first-order valence-corrected chi connectivity index (χ1v) is 6.71. The Morgan fingerprint density at radius 1 is 1.00 bits per heavy atom. The molecular formula is C17H15N3O. The first-order chi connectivity index (χ1) is 10.2. The number of rotatable bonds is 3. The van der Waals surface area contributed by atoms with Crippen molar-refractivity contribution in [3.8, 4) is 0 Å². The van der Waals surface area contributed by atoms with Crippen molar-refractivity contribution in [2.45, 2.75) is 6.54 Å². The number of anilines is 1. The summed E-state index contributed by atoms with van der Waals surface area (Å²) < 4.78 is 0. The monoisotopic (exact) mass is 277 g/mol. The van der Waals surface area contributed by atoms with Crippen LogP contribution >= 0.6 is 0 Å². The third-order valence-electron chi connectivity index (χ3n) is 3.32. The molecule has 3 rings (SSSR count). The van der Waals surface area contributed by atoms with E-state index in [0.717, 1.165) is 16.3 Å². The molecule has 0 atom stereocenters. The standard InChI is InChI=1S/C17H15N3O/c18-16-10-4-9-15(20-16)17(21)19-11-13-7-3-6-12-5-1-2-8-14(12)13/h1-10H,11H2,(H2,18,20)(H,19,21). The van der Waals surface area contributed by atoms with E-state index in [9.17, 15) is 4.79 Å². The van der Waals surface area contributed by atoms with Gasteiger partial charge >= 0.3 is 0 Å². The SMILES string of the molecule is Nc1cccc(C(=O)NCc2cccc3ccccc23)n1. The van der Waals surface area contributed by atoms with Crippen LogP contribution in [0, 0.1) is 0 Å². The topological polar surface area (TPSA) is 68.0 Å². The van der Waals surface area contributed by atoms with Crippen LogP contribution in [0.5, 0.6) is 0 Å². The quantitative estimate of drug-likeness (QED) is 0.773. The van der Waals surface area contributed by atoms with Gasteiger partial charge in [0.25, 0.3) is 5.91 Å². The van der Waals surface area contributed by atoms with Gasteiger partial charge in [0.2, 0.25) is 0 Å². The van der Waals surface area contributed by atoms with Crippen molar-refractivity contribution >= 4 is 22.5 Å². The minimum absolute atomic E-state index is 0.227. The normalized spacial score (nSPS) is 10.5. The number of fused-ring (bicyclic) bond motifs is 1. The van der Waals surface area contributed by atoms with Crippen LogP contribution in [0.25, 0.3) is 10.8 Å². The number of hydrogen-bond donors (Lipinski definition) is 2. The number of nitrogens with one attached hydrogen (secondary N) is 1. The number of pyridine rings is 1. The Kier molecular flexibility index (Phi) is 3.51. The highest BCUT2D eigenvalue weighted by Gasteiger charge is 2.08. The Balaban J connectivity index is 1.79. The van der Waals surface area contributed by atoms with Gasteiger partial charge in [-0.3, -0.25) is 4.79 Å². The van der Waals surface area contributed by atoms with Crippen molar-refractivity contribution in [3.63, 3.8) is 0 Å². The molecule has 1 heterocycles. The molecule has 3 N–H and O–H groups in total. The zero-order valence-electron chi connectivity index (χ0n) is 11.4. The van der Waals surface area contributed by atoms with E-state index < -0.39 is 0 Å². The summed E-state index contributed by atoms with van der Waals surface area (Å²) in [6.45, 7) is 0.455. The van der Waals surface area contributed by atoms with Crippen molar-refractivity contribution < 1.29 is 4.79 Å². The Hall–Kier alpha value is -2.88. The first-order valence-electron chi connectivity index (χ1n) is 6.71. The minimum Gasteiger partial charge on any atom is -0.384 e. The van der Waals surface area contributed by atoms with Gasteiger partial charge in [-0.25, -0.2) is 4.98 Å². The summed E-state index contributed by atoms with van der Waals surface area (Å²) in [4.78, 5) is 16.1. The van der Waals surface area contributed by atoms with Gasteiger partial charge in [0.05, 0.1) is 0 Å². The Bertz CT molecular complexity index is 793. The summed E-state index contributed by atoms with van der Waals surface area (Å²) in [5, 5.41) is 5.18. The lowest BCUT2D eigenvalue weighted by Gasteiger charge is -2.08. The average molecular weight is 277 g/mol.